The average Bonchev–Trinajstić information content (AvgIpc) is 2.93. The summed E-state index contributed by atoms with van der Waals surface area (Å²) in [6, 6.07) is 23.6. The standard InChI is InChI=1S/C20H15Cl2.C9H15Si.3ClH.Ti/c21-19-9-5-15(6-10-19)13-17-3-1-2-4-18(17)14-16-7-11-20(22)12-8-16;1-6-5-9(4,10)8(3)7(6)2;;;;/h1-3,5-12H,13-14H2;1-4,10H3;3*1H;. The van der Waals surface area contributed by atoms with E-state index in [-0.39, 0.29) is 42.3 Å². The van der Waals surface area contributed by atoms with Crippen LogP contribution in [0, 0.1) is 0 Å². The van der Waals surface area contributed by atoms with Gasteiger partial charge in [-0.3, -0.25) is 0 Å². The Balaban J connectivity index is 0.00000216. The molecule has 1 aliphatic rings. The molecular formula is C29H33Cl5SiTi. The molecule has 0 spiro atoms. The summed E-state index contributed by atoms with van der Waals surface area (Å²) in [4.78, 5) is 0. The molecule has 7 heteroatoms. The Morgan fingerprint density at radius 2 is 1.22 bits per heavy atom. The summed E-state index contributed by atoms with van der Waals surface area (Å²) < 4.78 is 3.29. The molecular weight excluding hydrogens is 602 g/mol. The van der Waals surface area contributed by atoms with Crippen LogP contribution in [-0.2, 0) is 32.0 Å². The number of halogens is 5. The molecule has 0 heterocycles. The number of hydrogen-bond donors (Lipinski definition) is 0. The first-order chi connectivity index (χ1) is 15.7. The van der Waals surface area contributed by atoms with E-state index in [0.29, 0.717) is 0 Å². The molecule has 4 rings (SSSR count). The van der Waals surface area contributed by atoms with Crippen LogP contribution in [0.4, 0.5) is 0 Å². The zero-order valence-electron chi connectivity index (χ0n) is 21.2. The van der Waals surface area contributed by atoms with Crippen molar-refractivity contribution in [3.05, 3.63) is 120 Å². The van der Waals surface area contributed by atoms with Crippen molar-refractivity contribution < 1.29 is 19.2 Å². The summed E-state index contributed by atoms with van der Waals surface area (Å²) in [6.07, 6.45) is 1.86. The Bertz CT molecular complexity index is 1250. The van der Waals surface area contributed by atoms with Crippen molar-refractivity contribution in [3.8, 4) is 0 Å². The number of benzene rings is 3. The Kier molecular flexibility index (Phi) is 13.1. The summed E-state index contributed by atoms with van der Waals surface area (Å²) >= 11 is 11.9. The smallest absolute Gasteiger partial charge is 0.147 e. The molecule has 0 aromatic heterocycles. The van der Waals surface area contributed by atoms with Crippen molar-refractivity contribution in [2.75, 3.05) is 0 Å². The fourth-order valence-corrected chi connectivity index (χ4v) is 8.94. The van der Waals surface area contributed by atoms with Crippen molar-refractivity contribution in [3.63, 3.8) is 0 Å². The van der Waals surface area contributed by atoms with E-state index in [4.69, 9.17) is 23.2 Å². The molecule has 1 unspecified atom stereocenters. The van der Waals surface area contributed by atoms with Crippen LogP contribution < -0.4 is 3.87 Å². The normalized spacial score (nSPS) is 16.8. The topological polar surface area (TPSA) is 0 Å². The predicted molar refractivity (Wildman–Crippen MR) is 166 cm³/mol. The summed E-state index contributed by atoms with van der Waals surface area (Å²) in [7, 11) is 1.16. The molecule has 0 fully saturated rings. The number of hydrogen-bond acceptors (Lipinski definition) is 0. The van der Waals surface area contributed by atoms with Gasteiger partial charge < -0.3 is 0 Å². The Hall–Kier alpha value is -0.479. The first-order valence-corrected chi connectivity index (χ1v) is 14.7. The monoisotopic (exact) mass is 632 g/mol. The summed E-state index contributed by atoms with van der Waals surface area (Å²) in [5.41, 5.74) is 10.2. The molecule has 0 bridgehead atoms. The first kappa shape index (κ1) is 33.5. The minimum Gasteiger partial charge on any atom is -0.147 e. The minimum absolute atomic E-state index is 0. The molecule has 3 aromatic rings. The maximum Gasteiger partial charge on any atom is -0.147 e. The van der Waals surface area contributed by atoms with Gasteiger partial charge in [0, 0.05) is 0 Å². The van der Waals surface area contributed by atoms with Crippen LogP contribution in [0.3, 0.4) is 0 Å². The average molecular weight is 635 g/mol. The summed E-state index contributed by atoms with van der Waals surface area (Å²) in [6.45, 7) is 9.46. The van der Waals surface area contributed by atoms with Crippen molar-refractivity contribution in [2.45, 2.75) is 45.6 Å². The molecule has 192 valence electrons. The second-order valence-corrected chi connectivity index (χ2v) is 14.4. The second-order valence-electron chi connectivity index (χ2n) is 9.55. The maximum absolute atomic E-state index is 6.17. The third kappa shape index (κ3) is 7.34. The van der Waals surface area contributed by atoms with E-state index in [1.54, 1.807) is 18.9 Å². The molecule has 0 nitrogen and oxygen atoms in total. The van der Waals surface area contributed by atoms with Gasteiger partial charge in [0.05, 0.1) is 0 Å². The van der Waals surface area contributed by atoms with Crippen molar-refractivity contribution in [1.29, 1.82) is 0 Å². The molecule has 0 amide bonds. The number of rotatable bonds is 6. The van der Waals surface area contributed by atoms with Crippen molar-refractivity contribution >= 4 is 74.5 Å². The van der Waals surface area contributed by atoms with E-state index >= 15 is 0 Å². The van der Waals surface area contributed by atoms with Gasteiger partial charge in [-0.1, -0.05) is 0 Å². The molecule has 36 heavy (non-hydrogen) atoms. The first-order valence-electron chi connectivity index (χ1n) is 11.4. The SMILES string of the molecule is CC1=C(C)C(C)([SiH3])[C]([Ti][c]2cccc(Cc3ccc(Cl)cc3)c2Cc2ccc(Cl)cc2)=C1C.Cl.Cl.Cl. The van der Waals surface area contributed by atoms with Crippen LogP contribution in [0.1, 0.15) is 49.9 Å². The zero-order chi connectivity index (χ0) is 23.8. The summed E-state index contributed by atoms with van der Waals surface area (Å²) in [5.74, 6) is 0. The van der Waals surface area contributed by atoms with E-state index in [1.165, 1.54) is 27.8 Å². The predicted octanol–water partition coefficient (Wildman–Crippen LogP) is 8.32. The van der Waals surface area contributed by atoms with Gasteiger partial charge in [0.15, 0.2) is 0 Å². The quantitative estimate of drug-likeness (QED) is 0.239. The Morgan fingerprint density at radius 1 is 0.722 bits per heavy atom. The molecule has 3 aromatic carbocycles. The van der Waals surface area contributed by atoms with Gasteiger partial charge in [-0.25, -0.2) is 0 Å². The van der Waals surface area contributed by atoms with Gasteiger partial charge in [-0.2, -0.15) is 0 Å². The molecule has 0 N–H and O–H groups in total. The number of allylic oxidation sites excluding steroid dienone is 4. The largest absolute Gasteiger partial charge is 0.147 e. The van der Waals surface area contributed by atoms with Crippen molar-refractivity contribution in [1.82, 2.24) is 0 Å². The van der Waals surface area contributed by atoms with Gasteiger partial charge >= 0.3 is 222 Å². The maximum atomic E-state index is 6.17. The van der Waals surface area contributed by atoms with Crippen LogP contribution in [-0.4, -0.2) is 10.2 Å². The fraction of sp³-hybridized carbons (Fsp3) is 0.241. The molecule has 1 aliphatic carbocycles. The molecule has 0 saturated heterocycles. The van der Waals surface area contributed by atoms with E-state index in [9.17, 15) is 0 Å². The second kappa shape index (κ2) is 14.1. The Labute approximate surface area is 256 Å². The van der Waals surface area contributed by atoms with Crippen molar-refractivity contribution in [2.24, 2.45) is 0 Å². The van der Waals surface area contributed by atoms with Gasteiger partial charge in [0.2, 0.25) is 0 Å². The minimum atomic E-state index is -0.434. The van der Waals surface area contributed by atoms with Crippen LogP contribution in [0.15, 0.2) is 87.3 Å². The van der Waals surface area contributed by atoms with Gasteiger partial charge in [0.1, 0.15) is 0 Å². The van der Waals surface area contributed by atoms with Crippen LogP contribution in [0.2, 0.25) is 15.1 Å². The molecule has 1 atom stereocenters. The van der Waals surface area contributed by atoms with E-state index < -0.39 is 19.2 Å². The van der Waals surface area contributed by atoms with Crippen LogP contribution in [0.5, 0.6) is 0 Å². The van der Waals surface area contributed by atoms with Gasteiger partial charge in [-0.15, -0.1) is 37.2 Å². The molecule has 0 radical (unpaired) electrons. The summed E-state index contributed by atoms with van der Waals surface area (Å²) in [5, 5.41) is 1.86. The third-order valence-corrected chi connectivity index (χ3v) is 12.8. The third-order valence-electron chi connectivity index (χ3n) is 7.20. The zero-order valence-corrected chi connectivity index (χ0v) is 28.8. The molecule has 0 saturated carbocycles. The van der Waals surface area contributed by atoms with Gasteiger partial charge in [0.25, 0.3) is 0 Å². The van der Waals surface area contributed by atoms with E-state index in [0.717, 1.165) is 33.1 Å². The van der Waals surface area contributed by atoms with Gasteiger partial charge in [-0.05, 0) is 0 Å². The molecule has 0 aliphatic heterocycles. The van der Waals surface area contributed by atoms with E-state index in [1.807, 2.05) is 24.3 Å². The van der Waals surface area contributed by atoms with Crippen LogP contribution in [0.25, 0.3) is 0 Å². The van der Waals surface area contributed by atoms with Crippen LogP contribution >= 0.6 is 60.4 Å². The Morgan fingerprint density at radius 3 is 1.69 bits per heavy atom. The van der Waals surface area contributed by atoms with E-state index in [2.05, 4.69) is 70.2 Å². The fourth-order valence-electron chi connectivity index (χ4n) is 4.73.